The van der Waals surface area contributed by atoms with Crippen LogP contribution in [-0.2, 0) is 0 Å². The SMILES string of the molecule is CCCNC1CCCOc2c(C(C)C)ccc(C)c21. The Morgan fingerprint density at radius 1 is 1.37 bits per heavy atom. The van der Waals surface area contributed by atoms with Crippen LogP contribution < -0.4 is 10.1 Å². The molecule has 1 unspecified atom stereocenters. The molecule has 0 bridgehead atoms. The zero-order valence-corrected chi connectivity index (χ0v) is 12.8. The summed E-state index contributed by atoms with van der Waals surface area (Å²) in [5, 5.41) is 3.69. The lowest BCUT2D eigenvalue weighted by molar-refractivity contribution is 0.311. The first-order chi connectivity index (χ1) is 9.15. The smallest absolute Gasteiger partial charge is 0.127 e. The lowest BCUT2D eigenvalue weighted by atomic mass is 9.91. The van der Waals surface area contributed by atoms with Crippen molar-refractivity contribution in [3.05, 3.63) is 28.8 Å². The Morgan fingerprint density at radius 3 is 2.84 bits per heavy atom. The Kier molecular flexibility index (Phi) is 4.87. The van der Waals surface area contributed by atoms with Crippen LogP contribution in [0.15, 0.2) is 12.1 Å². The van der Waals surface area contributed by atoms with E-state index in [-0.39, 0.29) is 0 Å². The molecule has 19 heavy (non-hydrogen) atoms. The zero-order valence-electron chi connectivity index (χ0n) is 12.8. The second kappa shape index (κ2) is 6.42. The normalized spacial score (nSPS) is 18.9. The van der Waals surface area contributed by atoms with Crippen LogP contribution in [0.2, 0.25) is 0 Å². The maximum atomic E-state index is 6.09. The molecule has 0 fully saturated rings. The standard InChI is InChI=1S/C17H27NO/c1-5-10-18-15-7-6-11-19-17-14(12(2)3)9-8-13(4)16(15)17/h8-9,12,15,18H,5-7,10-11H2,1-4H3. The summed E-state index contributed by atoms with van der Waals surface area (Å²) in [5.74, 6) is 1.67. The number of rotatable bonds is 4. The maximum Gasteiger partial charge on any atom is 0.127 e. The first-order valence-electron chi connectivity index (χ1n) is 7.64. The summed E-state index contributed by atoms with van der Waals surface area (Å²) < 4.78 is 6.09. The van der Waals surface area contributed by atoms with Crippen LogP contribution >= 0.6 is 0 Å². The Bertz CT molecular complexity index is 426. The summed E-state index contributed by atoms with van der Waals surface area (Å²) in [7, 11) is 0. The van der Waals surface area contributed by atoms with Crippen LogP contribution in [-0.4, -0.2) is 13.2 Å². The van der Waals surface area contributed by atoms with Gasteiger partial charge in [-0.25, -0.2) is 0 Å². The molecule has 1 atom stereocenters. The van der Waals surface area contributed by atoms with E-state index in [1.165, 1.54) is 29.5 Å². The molecule has 0 amide bonds. The van der Waals surface area contributed by atoms with Gasteiger partial charge < -0.3 is 10.1 Å². The minimum absolute atomic E-state index is 0.455. The monoisotopic (exact) mass is 261 g/mol. The van der Waals surface area contributed by atoms with Crippen LogP contribution in [0, 0.1) is 6.92 Å². The van der Waals surface area contributed by atoms with E-state index >= 15 is 0 Å². The summed E-state index contributed by atoms with van der Waals surface area (Å²) in [6.45, 7) is 10.8. The molecule has 0 spiro atoms. The van der Waals surface area contributed by atoms with Gasteiger partial charge in [-0.05, 0) is 49.8 Å². The lowest BCUT2D eigenvalue weighted by Gasteiger charge is -2.23. The fourth-order valence-corrected chi connectivity index (χ4v) is 2.89. The molecule has 106 valence electrons. The highest BCUT2D eigenvalue weighted by Gasteiger charge is 2.24. The van der Waals surface area contributed by atoms with E-state index in [1.54, 1.807) is 0 Å². The van der Waals surface area contributed by atoms with Gasteiger partial charge in [0.1, 0.15) is 5.75 Å². The van der Waals surface area contributed by atoms with E-state index in [4.69, 9.17) is 4.74 Å². The fourth-order valence-electron chi connectivity index (χ4n) is 2.89. The number of benzene rings is 1. The van der Waals surface area contributed by atoms with E-state index in [2.05, 4.69) is 45.1 Å². The highest BCUT2D eigenvalue weighted by molar-refractivity contribution is 5.49. The Hall–Kier alpha value is -1.02. The van der Waals surface area contributed by atoms with Crippen molar-refractivity contribution in [2.24, 2.45) is 0 Å². The third kappa shape index (κ3) is 3.11. The number of nitrogens with one attached hydrogen (secondary N) is 1. The molecule has 0 aromatic heterocycles. The predicted molar refractivity (Wildman–Crippen MR) is 81.0 cm³/mol. The Labute approximate surface area is 117 Å². The predicted octanol–water partition coefficient (Wildman–Crippen LogP) is 4.33. The summed E-state index contributed by atoms with van der Waals surface area (Å²) in [6.07, 6.45) is 3.48. The molecule has 1 aliphatic rings. The van der Waals surface area contributed by atoms with E-state index in [9.17, 15) is 0 Å². The van der Waals surface area contributed by atoms with Gasteiger partial charge in [0.25, 0.3) is 0 Å². The van der Waals surface area contributed by atoms with Crippen LogP contribution in [0.3, 0.4) is 0 Å². The first-order valence-corrected chi connectivity index (χ1v) is 7.64. The molecular weight excluding hydrogens is 234 g/mol. The van der Waals surface area contributed by atoms with Crippen molar-refractivity contribution in [3.63, 3.8) is 0 Å². The van der Waals surface area contributed by atoms with Crippen molar-refractivity contribution in [2.75, 3.05) is 13.2 Å². The van der Waals surface area contributed by atoms with Crippen molar-refractivity contribution < 1.29 is 4.74 Å². The summed E-state index contributed by atoms with van der Waals surface area (Å²) >= 11 is 0. The van der Waals surface area contributed by atoms with Gasteiger partial charge >= 0.3 is 0 Å². The number of fused-ring (bicyclic) bond motifs is 1. The van der Waals surface area contributed by atoms with Crippen LogP contribution in [0.5, 0.6) is 5.75 Å². The average molecular weight is 261 g/mol. The van der Waals surface area contributed by atoms with Gasteiger partial charge in [-0.2, -0.15) is 0 Å². The molecule has 0 aliphatic carbocycles. The van der Waals surface area contributed by atoms with Gasteiger partial charge in [0.15, 0.2) is 0 Å². The molecule has 1 N–H and O–H groups in total. The topological polar surface area (TPSA) is 21.3 Å². The third-order valence-electron chi connectivity index (χ3n) is 3.94. The van der Waals surface area contributed by atoms with Crippen LogP contribution in [0.25, 0.3) is 0 Å². The van der Waals surface area contributed by atoms with E-state index in [0.29, 0.717) is 12.0 Å². The summed E-state index contributed by atoms with van der Waals surface area (Å²) in [6, 6.07) is 4.95. The third-order valence-corrected chi connectivity index (χ3v) is 3.94. The quantitative estimate of drug-likeness (QED) is 0.871. The number of ether oxygens (including phenoxy) is 1. The molecule has 1 aliphatic heterocycles. The van der Waals surface area contributed by atoms with Crippen molar-refractivity contribution in [1.82, 2.24) is 5.32 Å². The molecule has 1 aromatic carbocycles. The minimum Gasteiger partial charge on any atom is -0.493 e. The number of aryl methyl sites for hydroxylation is 1. The van der Waals surface area contributed by atoms with Crippen molar-refractivity contribution in [3.8, 4) is 5.75 Å². The van der Waals surface area contributed by atoms with Crippen LogP contribution in [0.4, 0.5) is 0 Å². The fraction of sp³-hybridized carbons (Fsp3) is 0.647. The first kappa shape index (κ1) is 14.4. The highest BCUT2D eigenvalue weighted by Crippen LogP contribution is 2.39. The molecule has 1 aromatic rings. The van der Waals surface area contributed by atoms with Crippen molar-refractivity contribution in [1.29, 1.82) is 0 Å². The molecule has 2 nitrogen and oxygen atoms in total. The van der Waals surface area contributed by atoms with Gasteiger partial charge in [-0.3, -0.25) is 0 Å². The van der Waals surface area contributed by atoms with Gasteiger partial charge in [0, 0.05) is 11.6 Å². The number of hydrogen-bond acceptors (Lipinski definition) is 2. The zero-order chi connectivity index (χ0) is 13.8. The van der Waals surface area contributed by atoms with Gasteiger partial charge in [0.05, 0.1) is 6.61 Å². The van der Waals surface area contributed by atoms with E-state index in [0.717, 1.165) is 25.3 Å². The van der Waals surface area contributed by atoms with Crippen molar-refractivity contribution >= 4 is 0 Å². The Morgan fingerprint density at radius 2 is 2.16 bits per heavy atom. The largest absolute Gasteiger partial charge is 0.493 e. The molecule has 0 saturated carbocycles. The second-order valence-corrected chi connectivity index (χ2v) is 5.87. The molecule has 1 heterocycles. The van der Waals surface area contributed by atoms with E-state index in [1.807, 2.05) is 0 Å². The molecule has 2 heteroatoms. The van der Waals surface area contributed by atoms with Crippen molar-refractivity contribution in [2.45, 2.75) is 58.9 Å². The number of hydrogen-bond donors (Lipinski definition) is 1. The Balaban J connectivity index is 2.43. The molecular formula is C17H27NO. The molecule has 0 saturated heterocycles. The van der Waals surface area contributed by atoms with Gasteiger partial charge in [0.2, 0.25) is 0 Å². The average Bonchev–Trinajstić information content (AvgIpc) is 2.59. The second-order valence-electron chi connectivity index (χ2n) is 5.87. The maximum absolute atomic E-state index is 6.09. The molecule has 2 rings (SSSR count). The van der Waals surface area contributed by atoms with Gasteiger partial charge in [-0.15, -0.1) is 0 Å². The lowest BCUT2D eigenvalue weighted by Crippen LogP contribution is -2.22. The van der Waals surface area contributed by atoms with E-state index < -0.39 is 0 Å². The van der Waals surface area contributed by atoms with Crippen LogP contribution in [0.1, 0.15) is 68.7 Å². The van der Waals surface area contributed by atoms with Gasteiger partial charge in [-0.1, -0.05) is 32.9 Å². The summed E-state index contributed by atoms with van der Waals surface area (Å²) in [4.78, 5) is 0. The summed E-state index contributed by atoms with van der Waals surface area (Å²) in [5.41, 5.74) is 4.11. The molecule has 0 radical (unpaired) electrons. The minimum atomic E-state index is 0.455. The highest BCUT2D eigenvalue weighted by atomic mass is 16.5.